The van der Waals surface area contributed by atoms with Gasteiger partial charge in [0.05, 0.1) is 0 Å². The van der Waals surface area contributed by atoms with Crippen LogP contribution in [0.4, 0.5) is 0 Å². The Morgan fingerprint density at radius 1 is 1.29 bits per heavy atom. The van der Waals surface area contributed by atoms with Crippen molar-refractivity contribution in [3.05, 3.63) is 34.3 Å². The van der Waals surface area contributed by atoms with Gasteiger partial charge in [0.15, 0.2) is 0 Å². The number of hydrogen-bond donors (Lipinski definition) is 2. The Morgan fingerprint density at radius 2 is 1.88 bits per heavy atom. The van der Waals surface area contributed by atoms with E-state index < -0.39 is 10.2 Å². The molecule has 6 heteroatoms. The predicted molar refractivity (Wildman–Crippen MR) is 70.8 cm³/mol. The minimum atomic E-state index is -3.39. The standard InChI is InChI=1S/C11H15BrN2O2S/c1-8(9-2-4-10(12)5-3-9)13-17(15,16)14-11-6-7-11/h2-5,8,11,13-14H,6-7H2,1H3. The number of halogens is 1. The fourth-order valence-electron chi connectivity index (χ4n) is 1.51. The van der Waals surface area contributed by atoms with Crippen molar-refractivity contribution in [3.8, 4) is 0 Å². The van der Waals surface area contributed by atoms with E-state index in [2.05, 4.69) is 25.4 Å². The Morgan fingerprint density at radius 3 is 2.41 bits per heavy atom. The van der Waals surface area contributed by atoms with E-state index in [-0.39, 0.29) is 12.1 Å². The van der Waals surface area contributed by atoms with E-state index in [1.54, 1.807) is 0 Å². The van der Waals surface area contributed by atoms with Gasteiger partial charge < -0.3 is 0 Å². The number of rotatable bonds is 5. The lowest BCUT2D eigenvalue weighted by Gasteiger charge is -2.15. The fraction of sp³-hybridized carbons (Fsp3) is 0.455. The van der Waals surface area contributed by atoms with Crippen molar-refractivity contribution >= 4 is 26.1 Å². The first-order chi connectivity index (χ1) is 7.96. The molecule has 0 bridgehead atoms. The first kappa shape index (κ1) is 13.0. The zero-order valence-electron chi connectivity index (χ0n) is 9.48. The summed E-state index contributed by atoms with van der Waals surface area (Å²) in [6.45, 7) is 1.83. The minimum Gasteiger partial charge on any atom is -0.199 e. The van der Waals surface area contributed by atoms with Crippen LogP contribution in [0.1, 0.15) is 31.4 Å². The van der Waals surface area contributed by atoms with Gasteiger partial charge in [-0.25, -0.2) is 0 Å². The summed E-state index contributed by atoms with van der Waals surface area (Å²) in [5, 5.41) is 0. The lowest BCUT2D eigenvalue weighted by molar-refractivity contribution is 0.551. The quantitative estimate of drug-likeness (QED) is 0.873. The highest BCUT2D eigenvalue weighted by Gasteiger charge is 2.27. The Bertz CT molecular complexity index is 483. The van der Waals surface area contributed by atoms with Crippen LogP contribution in [0.5, 0.6) is 0 Å². The molecule has 1 atom stereocenters. The highest BCUT2D eigenvalue weighted by Crippen LogP contribution is 2.21. The molecule has 1 unspecified atom stereocenters. The van der Waals surface area contributed by atoms with Crippen LogP contribution in [0, 0.1) is 0 Å². The van der Waals surface area contributed by atoms with Crippen LogP contribution >= 0.6 is 15.9 Å². The van der Waals surface area contributed by atoms with Gasteiger partial charge in [-0.3, -0.25) is 0 Å². The van der Waals surface area contributed by atoms with Gasteiger partial charge in [-0.2, -0.15) is 17.9 Å². The molecule has 0 spiro atoms. The van der Waals surface area contributed by atoms with Crippen molar-refractivity contribution in [1.29, 1.82) is 0 Å². The summed E-state index contributed by atoms with van der Waals surface area (Å²) in [5.74, 6) is 0. The van der Waals surface area contributed by atoms with Gasteiger partial charge in [0.1, 0.15) is 0 Å². The smallest absolute Gasteiger partial charge is 0.199 e. The van der Waals surface area contributed by atoms with E-state index in [0.717, 1.165) is 22.9 Å². The second kappa shape index (κ2) is 5.06. The van der Waals surface area contributed by atoms with Crippen molar-refractivity contribution in [3.63, 3.8) is 0 Å². The molecule has 17 heavy (non-hydrogen) atoms. The molecule has 1 aliphatic rings. The lowest BCUT2D eigenvalue weighted by Crippen LogP contribution is -2.39. The summed E-state index contributed by atoms with van der Waals surface area (Å²) in [7, 11) is -3.39. The van der Waals surface area contributed by atoms with Crippen molar-refractivity contribution in [2.24, 2.45) is 0 Å². The molecule has 1 aliphatic carbocycles. The average Bonchev–Trinajstić information content (AvgIpc) is 3.00. The summed E-state index contributed by atoms with van der Waals surface area (Å²) in [6.07, 6.45) is 1.88. The maximum Gasteiger partial charge on any atom is 0.277 e. The van der Waals surface area contributed by atoms with E-state index in [0.29, 0.717) is 0 Å². The van der Waals surface area contributed by atoms with Gasteiger partial charge in [0, 0.05) is 16.6 Å². The third-order valence-electron chi connectivity index (χ3n) is 2.60. The molecule has 0 aliphatic heterocycles. The lowest BCUT2D eigenvalue weighted by atomic mass is 10.1. The van der Waals surface area contributed by atoms with Crippen LogP contribution in [0.15, 0.2) is 28.7 Å². The van der Waals surface area contributed by atoms with Crippen LogP contribution < -0.4 is 9.44 Å². The zero-order valence-corrected chi connectivity index (χ0v) is 11.9. The zero-order chi connectivity index (χ0) is 12.5. The molecule has 1 aromatic rings. The van der Waals surface area contributed by atoms with Gasteiger partial charge in [-0.15, -0.1) is 0 Å². The molecule has 0 amide bonds. The van der Waals surface area contributed by atoms with Gasteiger partial charge in [0.2, 0.25) is 0 Å². The molecule has 0 radical (unpaired) electrons. The summed E-state index contributed by atoms with van der Waals surface area (Å²) >= 11 is 3.35. The van der Waals surface area contributed by atoms with Gasteiger partial charge in [-0.1, -0.05) is 28.1 Å². The summed E-state index contributed by atoms with van der Waals surface area (Å²) < 4.78 is 29.6. The molecule has 0 aromatic heterocycles. The summed E-state index contributed by atoms with van der Waals surface area (Å²) in [4.78, 5) is 0. The molecule has 0 heterocycles. The molecule has 94 valence electrons. The SMILES string of the molecule is CC(NS(=O)(=O)NC1CC1)c1ccc(Br)cc1. The Kier molecular flexibility index (Phi) is 3.87. The Labute approximate surface area is 110 Å². The van der Waals surface area contributed by atoms with Gasteiger partial charge >= 0.3 is 0 Å². The number of hydrogen-bond acceptors (Lipinski definition) is 2. The molecule has 0 saturated heterocycles. The first-order valence-electron chi connectivity index (χ1n) is 5.51. The normalized spacial score (nSPS) is 18.0. The van der Waals surface area contributed by atoms with Crippen LogP contribution in [-0.2, 0) is 10.2 Å². The van der Waals surface area contributed by atoms with Crippen molar-refractivity contribution < 1.29 is 8.42 Å². The maximum absolute atomic E-state index is 11.7. The monoisotopic (exact) mass is 318 g/mol. The third kappa shape index (κ3) is 4.06. The molecule has 1 saturated carbocycles. The molecular formula is C11H15BrN2O2S. The largest absolute Gasteiger partial charge is 0.277 e. The van der Waals surface area contributed by atoms with E-state index >= 15 is 0 Å². The van der Waals surface area contributed by atoms with E-state index in [4.69, 9.17) is 0 Å². The first-order valence-corrected chi connectivity index (χ1v) is 7.79. The highest BCUT2D eigenvalue weighted by molar-refractivity contribution is 9.10. The molecule has 1 aromatic carbocycles. The molecule has 2 rings (SSSR count). The number of benzene rings is 1. The Hall–Kier alpha value is -0.430. The van der Waals surface area contributed by atoms with Crippen LogP contribution in [0.25, 0.3) is 0 Å². The fourth-order valence-corrected chi connectivity index (χ4v) is 3.12. The van der Waals surface area contributed by atoms with Crippen molar-refractivity contribution in [2.45, 2.75) is 31.8 Å². The molecule has 1 fully saturated rings. The Balaban J connectivity index is 2.00. The maximum atomic E-state index is 11.7. The van der Waals surface area contributed by atoms with E-state index in [1.165, 1.54) is 0 Å². The van der Waals surface area contributed by atoms with Crippen LogP contribution in [0.2, 0.25) is 0 Å². The van der Waals surface area contributed by atoms with E-state index in [1.807, 2.05) is 31.2 Å². The average molecular weight is 319 g/mol. The van der Waals surface area contributed by atoms with Crippen molar-refractivity contribution in [1.82, 2.24) is 9.44 Å². The third-order valence-corrected chi connectivity index (χ3v) is 4.44. The molecular weight excluding hydrogens is 304 g/mol. The summed E-state index contributed by atoms with van der Waals surface area (Å²) in [5.41, 5.74) is 0.939. The second-order valence-electron chi connectivity index (χ2n) is 4.29. The molecule has 4 nitrogen and oxygen atoms in total. The van der Waals surface area contributed by atoms with Gasteiger partial charge in [-0.05, 0) is 37.5 Å². The number of nitrogens with one attached hydrogen (secondary N) is 2. The van der Waals surface area contributed by atoms with Crippen LogP contribution in [0.3, 0.4) is 0 Å². The van der Waals surface area contributed by atoms with Crippen molar-refractivity contribution in [2.75, 3.05) is 0 Å². The molecule has 2 N–H and O–H groups in total. The highest BCUT2D eigenvalue weighted by atomic mass is 79.9. The second-order valence-corrected chi connectivity index (χ2v) is 6.68. The van der Waals surface area contributed by atoms with E-state index in [9.17, 15) is 8.42 Å². The van der Waals surface area contributed by atoms with Crippen LogP contribution in [-0.4, -0.2) is 14.5 Å². The summed E-state index contributed by atoms with van der Waals surface area (Å²) in [6, 6.07) is 7.48. The topological polar surface area (TPSA) is 58.2 Å². The predicted octanol–water partition coefficient (Wildman–Crippen LogP) is 2.10. The van der Waals surface area contributed by atoms with Gasteiger partial charge in [0.25, 0.3) is 10.2 Å². The minimum absolute atomic E-state index is 0.129.